The number of hydrogen-bond donors (Lipinski definition) is 0. The Labute approximate surface area is 117 Å². The number of unbranched alkanes of at least 4 members (excludes halogenated alkanes) is 12. The zero-order valence-electron chi connectivity index (χ0n) is 13.2. The summed E-state index contributed by atoms with van der Waals surface area (Å²) in [6, 6.07) is 0. The summed E-state index contributed by atoms with van der Waals surface area (Å²) in [7, 11) is 0. The average Bonchev–Trinajstić information content (AvgIpc) is 2.34. The molecule has 0 unspecified atom stereocenters. The maximum Gasteiger partial charge on any atom is -0.0471 e. The zero-order chi connectivity index (χ0) is 13.5. The van der Waals surface area contributed by atoms with Crippen molar-refractivity contribution in [3.05, 3.63) is 6.92 Å². The van der Waals surface area contributed by atoms with Gasteiger partial charge >= 0.3 is 0 Å². The lowest BCUT2D eigenvalue weighted by atomic mass is 10.0. The van der Waals surface area contributed by atoms with Gasteiger partial charge in [-0.25, -0.2) is 0 Å². The van der Waals surface area contributed by atoms with Crippen molar-refractivity contribution in [1.82, 2.24) is 0 Å². The molecule has 0 atom stereocenters. The minimum Gasteiger partial charge on any atom is -0.0628 e. The highest BCUT2D eigenvalue weighted by Gasteiger charge is 1.95. The van der Waals surface area contributed by atoms with Gasteiger partial charge in [0.05, 0.1) is 0 Å². The van der Waals surface area contributed by atoms with E-state index in [1.165, 1.54) is 83.5 Å². The SMILES string of the molecule is [CH2]CCCCCCCCCCCCCCC(C)C. The molecule has 0 aromatic carbocycles. The molecule has 0 aliphatic carbocycles. The second-order valence-corrected chi connectivity index (χ2v) is 6.28. The Morgan fingerprint density at radius 1 is 0.556 bits per heavy atom. The third-order valence-corrected chi connectivity index (χ3v) is 3.78. The van der Waals surface area contributed by atoms with Crippen LogP contribution in [-0.2, 0) is 0 Å². The lowest BCUT2D eigenvalue weighted by Gasteiger charge is -2.04. The molecule has 0 aromatic rings. The predicted molar refractivity (Wildman–Crippen MR) is 84.8 cm³/mol. The second kappa shape index (κ2) is 15.1. The average molecular weight is 253 g/mol. The summed E-state index contributed by atoms with van der Waals surface area (Å²) in [5.41, 5.74) is 0. The fraction of sp³-hybridized carbons (Fsp3) is 0.944. The van der Waals surface area contributed by atoms with Crippen molar-refractivity contribution in [2.24, 2.45) is 5.92 Å². The summed E-state index contributed by atoms with van der Waals surface area (Å²) >= 11 is 0. The molecule has 109 valence electrons. The van der Waals surface area contributed by atoms with E-state index >= 15 is 0 Å². The second-order valence-electron chi connectivity index (χ2n) is 6.28. The van der Waals surface area contributed by atoms with Crippen molar-refractivity contribution in [2.75, 3.05) is 0 Å². The molecule has 0 rings (SSSR count). The van der Waals surface area contributed by atoms with Crippen LogP contribution in [-0.4, -0.2) is 0 Å². The summed E-state index contributed by atoms with van der Waals surface area (Å²) in [6.45, 7) is 8.54. The highest BCUT2D eigenvalue weighted by Crippen LogP contribution is 2.14. The fourth-order valence-corrected chi connectivity index (χ4v) is 2.50. The van der Waals surface area contributed by atoms with E-state index in [1.54, 1.807) is 0 Å². The lowest BCUT2D eigenvalue weighted by Crippen LogP contribution is -1.87. The van der Waals surface area contributed by atoms with Crippen LogP contribution in [0.4, 0.5) is 0 Å². The van der Waals surface area contributed by atoms with Crippen molar-refractivity contribution in [3.8, 4) is 0 Å². The van der Waals surface area contributed by atoms with Gasteiger partial charge in [0.15, 0.2) is 0 Å². The quantitative estimate of drug-likeness (QED) is 0.294. The summed E-state index contributed by atoms with van der Waals surface area (Å²) in [4.78, 5) is 0. The van der Waals surface area contributed by atoms with Crippen LogP contribution in [0.5, 0.6) is 0 Å². The summed E-state index contributed by atoms with van der Waals surface area (Å²) in [5, 5.41) is 0. The van der Waals surface area contributed by atoms with Crippen LogP contribution in [0.3, 0.4) is 0 Å². The molecule has 0 saturated heterocycles. The topological polar surface area (TPSA) is 0 Å². The molecule has 0 aliphatic rings. The predicted octanol–water partition coefficient (Wildman–Crippen LogP) is 6.94. The molecule has 0 heteroatoms. The Balaban J connectivity index is 2.90. The zero-order valence-corrected chi connectivity index (χ0v) is 13.2. The molecule has 0 nitrogen and oxygen atoms in total. The van der Waals surface area contributed by atoms with E-state index in [0.29, 0.717) is 0 Å². The molecular formula is C18H37. The van der Waals surface area contributed by atoms with Crippen LogP contribution in [0.1, 0.15) is 104 Å². The van der Waals surface area contributed by atoms with Crippen molar-refractivity contribution < 1.29 is 0 Å². The molecule has 0 fully saturated rings. The van der Waals surface area contributed by atoms with Gasteiger partial charge < -0.3 is 0 Å². The first kappa shape index (κ1) is 18.0. The van der Waals surface area contributed by atoms with Crippen LogP contribution in [0.15, 0.2) is 0 Å². The molecule has 1 radical (unpaired) electrons. The maximum atomic E-state index is 3.88. The van der Waals surface area contributed by atoms with Gasteiger partial charge in [-0.15, -0.1) is 0 Å². The van der Waals surface area contributed by atoms with Gasteiger partial charge in [0.2, 0.25) is 0 Å². The molecule has 0 amide bonds. The van der Waals surface area contributed by atoms with Gasteiger partial charge in [0, 0.05) is 0 Å². The van der Waals surface area contributed by atoms with E-state index in [2.05, 4.69) is 20.8 Å². The first-order valence-electron chi connectivity index (χ1n) is 8.56. The lowest BCUT2D eigenvalue weighted by molar-refractivity contribution is 0.503. The normalized spacial score (nSPS) is 11.3. The van der Waals surface area contributed by atoms with E-state index in [-0.39, 0.29) is 0 Å². The Kier molecular flexibility index (Phi) is 15.1. The minimum atomic E-state index is 0.897. The third kappa shape index (κ3) is 16.0. The first-order chi connectivity index (χ1) is 8.77. The molecule has 0 heterocycles. The standard InChI is InChI=1S/C18H37/c1-4-5-6-7-8-9-10-11-12-13-14-15-16-17-18(2)3/h18H,1,4-17H2,2-3H3. The molecule has 0 saturated carbocycles. The van der Waals surface area contributed by atoms with Crippen LogP contribution in [0.2, 0.25) is 0 Å². The smallest absolute Gasteiger partial charge is 0.0471 e. The molecule has 0 aromatic heterocycles. The third-order valence-electron chi connectivity index (χ3n) is 3.78. The summed E-state index contributed by atoms with van der Waals surface area (Å²) in [6.07, 6.45) is 19.9. The van der Waals surface area contributed by atoms with E-state index in [9.17, 15) is 0 Å². The Morgan fingerprint density at radius 3 is 1.22 bits per heavy atom. The summed E-state index contributed by atoms with van der Waals surface area (Å²) < 4.78 is 0. The highest BCUT2D eigenvalue weighted by atomic mass is 14.0. The van der Waals surface area contributed by atoms with E-state index in [0.717, 1.165) is 12.3 Å². The van der Waals surface area contributed by atoms with Gasteiger partial charge in [-0.05, 0) is 5.92 Å². The Morgan fingerprint density at radius 2 is 0.889 bits per heavy atom. The van der Waals surface area contributed by atoms with Crippen molar-refractivity contribution in [1.29, 1.82) is 0 Å². The highest BCUT2D eigenvalue weighted by molar-refractivity contribution is 4.50. The van der Waals surface area contributed by atoms with Gasteiger partial charge in [-0.3, -0.25) is 0 Å². The molecule has 18 heavy (non-hydrogen) atoms. The number of hydrogen-bond acceptors (Lipinski definition) is 0. The first-order valence-corrected chi connectivity index (χ1v) is 8.56. The molecule has 0 N–H and O–H groups in total. The van der Waals surface area contributed by atoms with Gasteiger partial charge in [0.25, 0.3) is 0 Å². The largest absolute Gasteiger partial charge is 0.0628 e. The van der Waals surface area contributed by atoms with Crippen LogP contribution in [0, 0.1) is 12.8 Å². The molecular weight excluding hydrogens is 216 g/mol. The van der Waals surface area contributed by atoms with Crippen molar-refractivity contribution in [2.45, 2.75) is 104 Å². The van der Waals surface area contributed by atoms with Crippen LogP contribution >= 0.6 is 0 Å². The van der Waals surface area contributed by atoms with Crippen molar-refractivity contribution >= 4 is 0 Å². The van der Waals surface area contributed by atoms with Crippen LogP contribution in [0.25, 0.3) is 0 Å². The van der Waals surface area contributed by atoms with Gasteiger partial charge in [0.1, 0.15) is 0 Å². The van der Waals surface area contributed by atoms with Gasteiger partial charge in [-0.1, -0.05) is 111 Å². The summed E-state index contributed by atoms with van der Waals surface area (Å²) in [5.74, 6) is 0.897. The molecule has 0 spiro atoms. The van der Waals surface area contributed by atoms with Crippen LogP contribution < -0.4 is 0 Å². The van der Waals surface area contributed by atoms with E-state index in [1.807, 2.05) is 0 Å². The van der Waals surface area contributed by atoms with E-state index in [4.69, 9.17) is 0 Å². The monoisotopic (exact) mass is 253 g/mol. The fourth-order valence-electron chi connectivity index (χ4n) is 2.50. The Hall–Kier alpha value is 0. The number of rotatable bonds is 14. The maximum absolute atomic E-state index is 3.88. The van der Waals surface area contributed by atoms with E-state index < -0.39 is 0 Å². The Bertz CT molecular complexity index is 137. The molecule has 0 bridgehead atoms. The van der Waals surface area contributed by atoms with Crippen molar-refractivity contribution in [3.63, 3.8) is 0 Å². The minimum absolute atomic E-state index is 0.897. The van der Waals surface area contributed by atoms with Gasteiger partial charge in [-0.2, -0.15) is 0 Å². The molecule has 0 aliphatic heterocycles.